The first kappa shape index (κ1) is 11.6. The predicted molar refractivity (Wildman–Crippen MR) is 64.8 cm³/mol. The molecule has 1 N–H and O–H groups in total. The third kappa shape index (κ3) is 2.62. The highest BCUT2D eigenvalue weighted by molar-refractivity contribution is 9.10. The Kier molecular flexibility index (Phi) is 3.61. The monoisotopic (exact) mass is 283 g/mol. The summed E-state index contributed by atoms with van der Waals surface area (Å²) >= 11 is 3.39. The molecule has 0 aliphatic heterocycles. The highest BCUT2D eigenvalue weighted by Crippen LogP contribution is 2.47. The number of hydroxylamine groups is 1. The van der Waals surface area contributed by atoms with Gasteiger partial charge in [-0.25, -0.2) is 5.48 Å². The number of benzene rings is 1. The zero-order valence-electron chi connectivity index (χ0n) is 9.07. The van der Waals surface area contributed by atoms with Crippen LogP contribution in [-0.4, -0.2) is 12.5 Å². The van der Waals surface area contributed by atoms with Crippen LogP contribution in [0.15, 0.2) is 28.7 Å². The van der Waals surface area contributed by atoms with Gasteiger partial charge >= 0.3 is 0 Å². The molecule has 3 nitrogen and oxygen atoms in total. The van der Waals surface area contributed by atoms with Crippen LogP contribution in [-0.2, 0) is 9.63 Å². The van der Waals surface area contributed by atoms with Crippen LogP contribution >= 0.6 is 15.9 Å². The number of amides is 1. The Hall–Kier alpha value is -0.870. The van der Waals surface area contributed by atoms with Gasteiger partial charge in [0.25, 0.3) is 0 Å². The minimum atomic E-state index is -0.00484. The molecule has 0 unspecified atom stereocenters. The van der Waals surface area contributed by atoms with Crippen LogP contribution in [0.5, 0.6) is 0 Å². The smallest absolute Gasteiger partial charge is 0.247 e. The van der Waals surface area contributed by atoms with Gasteiger partial charge in [0, 0.05) is 10.4 Å². The van der Waals surface area contributed by atoms with Gasteiger partial charge in [-0.05, 0) is 37.0 Å². The maximum Gasteiger partial charge on any atom is 0.247 e. The fourth-order valence-corrected chi connectivity index (χ4v) is 2.05. The molecule has 0 aromatic heterocycles. The van der Waals surface area contributed by atoms with Gasteiger partial charge in [0.05, 0.1) is 6.61 Å². The Morgan fingerprint density at radius 1 is 1.50 bits per heavy atom. The second-order valence-electron chi connectivity index (χ2n) is 3.90. The van der Waals surface area contributed by atoms with Crippen molar-refractivity contribution in [2.24, 2.45) is 5.92 Å². The lowest BCUT2D eigenvalue weighted by Crippen LogP contribution is -2.25. The molecule has 1 aromatic rings. The van der Waals surface area contributed by atoms with Crippen molar-refractivity contribution in [1.82, 2.24) is 5.48 Å². The second kappa shape index (κ2) is 4.97. The molecule has 4 heteroatoms. The zero-order chi connectivity index (χ0) is 11.5. The number of hydrogen-bond acceptors (Lipinski definition) is 2. The highest BCUT2D eigenvalue weighted by Gasteiger charge is 2.43. The molecule has 1 aromatic carbocycles. The fraction of sp³-hybridized carbons (Fsp3) is 0.417. The molecule has 1 fully saturated rings. The summed E-state index contributed by atoms with van der Waals surface area (Å²) in [6.07, 6.45) is 0.917. The largest absolute Gasteiger partial charge is 0.274 e. The number of nitrogens with one attached hydrogen (secondary N) is 1. The number of hydrogen-bond donors (Lipinski definition) is 1. The molecular formula is C12H14BrNO2. The molecule has 0 heterocycles. The average molecular weight is 284 g/mol. The molecule has 0 bridgehead atoms. The molecule has 0 saturated heterocycles. The van der Waals surface area contributed by atoms with E-state index in [4.69, 9.17) is 4.84 Å². The van der Waals surface area contributed by atoms with Gasteiger partial charge in [0.1, 0.15) is 0 Å². The Morgan fingerprint density at radius 3 is 2.81 bits per heavy atom. The van der Waals surface area contributed by atoms with E-state index in [1.54, 1.807) is 0 Å². The van der Waals surface area contributed by atoms with Gasteiger partial charge in [-0.15, -0.1) is 0 Å². The number of rotatable bonds is 4. The standard InChI is InChI=1S/C12H14BrNO2/c1-2-16-14-12(15)11-7-10(11)8-3-5-9(13)6-4-8/h3-6,10-11H,2,7H2,1H3,(H,14,15)/t10-,11+/m0/s1. The maximum absolute atomic E-state index is 11.6. The summed E-state index contributed by atoms with van der Waals surface area (Å²) in [4.78, 5) is 16.5. The van der Waals surface area contributed by atoms with Crippen molar-refractivity contribution in [3.05, 3.63) is 34.3 Å². The van der Waals surface area contributed by atoms with Crippen LogP contribution in [0.4, 0.5) is 0 Å². The maximum atomic E-state index is 11.6. The highest BCUT2D eigenvalue weighted by atomic mass is 79.9. The molecule has 1 aliphatic rings. The van der Waals surface area contributed by atoms with Crippen molar-refractivity contribution >= 4 is 21.8 Å². The molecule has 2 rings (SSSR count). The molecule has 1 amide bonds. The normalized spacial score (nSPS) is 22.9. The quantitative estimate of drug-likeness (QED) is 0.863. The van der Waals surface area contributed by atoms with Gasteiger partial charge in [-0.3, -0.25) is 9.63 Å². The van der Waals surface area contributed by atoms with Crippen LogP contribution < -0.4 is 5.48 Å². The van der Waals surface area contributed by atoms with Crippen LogP contribution in [0.1, 0.15) is 24.8 Å². The van der Waals surface area contributed by atoms with Crippen molar-refractivity contribution in [1.29, 1.82) is 0 Å². The SMILES string of the molecule is CCONC(=O)[C@@H]1C[C@H]1c1ccc(Br)cc1. The minimum absolute atomic E-state index is 0.00484. The summed E-state index contributed by atoms with van der Waals surface area (Å²) in [6, 6.07) is 8.13. The number of carbonyl (C=O) groups excluding carboxylic acids is 1. The Morgan fingerprint density at radius 2 is 2.19 bits per heavy atom. The third-order valence-corrected chi connectivity index (χ3v) is 3.27. The second-order valence-corrected chi connectivity index (χ2v) is 4.82. The number of halogens is 1. The number of carbonyl (C=O) groups is 1. The van der Waals surface area contributed by atoms with Crippen molar-refractivity contribution in [3.63, 3.8) is 0 Å². The van der Waals surface area contributed by atoms with Gasteiger partial charge in [-0.2, -0.15) is 0 Å². The molecule has 2 atom stereocenters. The van der Waals surface area contributed by atoms with E-state index in [0.717, 1.165) is 10.9 Å². The van der Waals surface area contributed by atoms with Crippen LogP contribution in [0, 0.1) is 5.92 Å². The minimum Gasteiger partial charge on any atom is -0.274 e. The predicted octanol–water partition coefficient (Wildman–Crippen LogP) is 2.62. The summed E-state index contributed by atoms with van der Waals surface area (Å²) < 4.78 is 1.06. The van der Waals surface area contributed by atoms with Gasteiger partial charge < -0.3 is 0 Å². The zero-order valence-corrected chi connectivity index (χ0v) is 10.7. The Bertz CT molecular complexity index is 377. The Balaban J connectivity index is 1.91. The summed E-state index contributed by atoms with van der Waals surface area (Å²) in [5.74, 6) is 0.427. The molecular weight excluding hydrogens is 270 g/mol. The van der Waals surface area contributed by atoms with Crippen LogP contribution in [0.2, 0.25) is 0 Å². The fourth-order valence-electron chi connectivity index (χ4n) is 1.78. The van der Waals surface area contributed by atoms with Crippen molar-refractivity contribution in [3.8, 4) is 0 Å². The van der Waals surface area contributed by atoms with Crippen molar-refractivity contribution in [2.75, 3.05) is 6.61 Å². The van der Waals surface area contributed by atoms with E-state index in [1.807, 2.05) is 19.1 Å². The third-order valence-electron chi connectivity index (χ3n) is 2.74. The van der Waals surface area contributed by atoms with Crippen molar-refractivity contribution in [2.45, 2.75) is 19.3 Å². The topological polar surface area (TPSA) is 38.3 Å². The van der Waals surface area contributed by atoms with E-state index < -0.39 is 0 Å². The molecule has 0 spiro atoms. The summed E-state index contributed by atoms with van der Waals surface area (Å²) in [5, 5.41) is 0. The lowest BCUT2D eigenvalue weighted by Gasteiger charge is -2.03. The summed E-state index contributed by atoms with van der Waals surface area (Å²) in [7, 11) is 0. The first-order chi connectivity index (χ1) is 7.72. The lowest BCUT2D eigenvalue weighted by molar-refractivity contribution is -0.134. The van der Waals surface area contributed by atoms with E-state index in [-0.39, 0.29) is 11.8 Å². The van der Waals surface area contributed by atoms with E-state index in [2.05, 4.69) is 33.5 Å². The van der Waals surface area contributed by atoms with Crippen LogP contribution in [0.25, 0.3) is 0 Å². The van der Waals surface area contributed by atoms with Gasteiger partial charge in [0.2, 0.25) is 5.91 Å². The first-order valence-electron chi connectivity index (χ1n) is 5.39. The van der Waals surface area contributed by atoms with Gasteiger partial charge in [-0.1, -0.05) is 28.1 Å². The summed E-state index contributed by atoms with van der Waals surface area (Å²) in [6.45, 7) is 2.35. The molecule has 1 saturated carbocycles. The Labute approximate surface area is 103 Å². The van der Waals surface area contributed by atoms with E-state index in [9.17, 15) is 4.79 Å². The molecule has 1 aliphatic carbocycles. The van der Waals surface area contributed by atoms with E-state index in [1.165, 1.54) is 5.56 Å². The lowest BCUT2D eigenvalue weighted by atomic mass is 10.1. The first-order valence-corrected chi connectivity index (χ1v) is 6.18. The average Bonchev–Trinajstić information content (AvgIpc) is 3.07. The molecule has 0 radical (unpaired) electrons. The molecule has 86 valence electrons. The van der Waals surface area contributed by atoms with E-state index >= 15 is 0 Å². The van der Waals surface area contributed by atoms with Crippen molar-refractivity contribution < 1.29 is 9.63 Å². The summed E-state index contributed by atoms with van der Waals surface area (Å²) in [5.41, 5.74) is 3.68. The molecule has 16 heavy (non-hydrogen) atoms. The van der Waals surface area contributed by atoms with Gasteiger partial charge in [0.15, 0.2) is 0 Å². The van der Waals surface area contributed by atoms with Crippen LogP contribution in [0.3, 0.4) is 0 Å². The van der Waals surface area contributed by atoms with E-state index in [0.29, 0.717) is 12.5 Å².